The van der Waals surface area contributed by atoms with Crippen LogP contribution in [0, 0.1) is 6.92 Å². The maximum atomic E-state index is 12.1. The molecule has 3 aromatic rings. The molecular weight excluding hydrogens is 366 g/mol. The second kappa shape index (κ2) is 7.71. The summed E-state index contributed by atoms with van der Waals surface area (Å²) in [6.07, 6.45) is 0. The molecule has 0 radical (unpaired) electrons. The van der Waals surface area contributed by atoms with Gasteiger partial charge in [0, 0.05) is 10.5 Å². The predicted molar refractivity (Wildman–Crippen MR) is 101 cm³/mol. The van der Waals surface area contributed by atoms with E-state index in [1.165, 1.54) is 17.3 Å². The van der Waals surface area contributed by atoms with Gasteiger partial charge in [-0.2, -0.15) is 0 Å². The molecule has 0 unspecified atom stereocenters. The van der Waals surface area contributed by atoms with E-state index in [1.807, 2.05) is 31.2 Å². The summed E-state index contributed by atoms with van der Waals surface area (Å²) in [4.78, 5) is 13.1. The van der Waals surface area contributed by atoms with Crippen molar-refractivity contribution in [1.29, 1.82) is 0 Å². The highest BCUT2D eigenvalue weighted by Gasteiger charge is 2.16. The van der Waals surface area contributed by atoms with E-state index in [-0.39, 0.29) is 17.7 Å². The van der Waals surface area contributed by atoms with Crippen molar-refractivity contribution in [2.75, 3.05) is 24.3 Å². The normalized spacial score (nSPS) is 12.6. The number of rotatable bonds is 5. The Balaban J connectivity index is 1.37. The van der Waals surface area contributed by atoms with Gasteiger partial charge >= 0.3 is 6.01 Å². The topological polar surface area (TPSA) is 86.5 Å². The summed E-state index contributed by atoms with van der Waals surface area (Å²) in [5.41, 5.74) is 1.88. The molecule has 2 heterocycles. The number of hydrogen-bond donors (Lipinski definition) is 1. The highest BCUT2D eigenvalue weighted by atomic mass is 32.2. The Kier molecular flexibility index (Phi) is 4.97. The van der Waals surface area contributed by atoms with Gasteiger partial charge in [-0.3, -0.25) is 10.1 Å². The lowest BCUT2D eigenvalue weighted by Gasteiger charge is -2.18. The molecule has 1 amide bonds. The largest absolute Gasteiger partial charge is 0.486 e. The monoisotopic (exact) mass is 383 g/mol. The summed E-state index contributed by atoms with van der Waals surface area (Å²) in [6, 6.07) is 13.4. The second-order valence-electron chi connectivity index (χ2n) is 5.92. The summed E-state index contributed by atoms with van der Waals surface area (Å²) in [6.45, 7) is 3.06. The highest BCUT2D eigenvalue weighted by molar-refractivity contribution is 8.00. The molecule has 1 aliphatic rings. The molecule has 0 atom stereocenters. The van der Waals surface area contributed by atoms with Crippen LogP contribution in [0.3, 0.4) is 0 Å². The summed E-state index contributed by atoms with van der Waals surface area (Å²) < 4.78 is 16.6. The molecule has 0 spiro atoms. The van der Waals surface area contributed by atoms with Crippen LogP contribution in [-0.4, -0.2) is 35.1 Å². The van der Waals surface area contributed by atoms with Gasteiger partial charge in [-0.15, -0.1) is 16.9 Å². The van der Waals surface area contributed by atoms with Gasteiger partial charge in [0.15, 0.2) is 11.5 Å². The van der Waals surface area contributed by atoms with Crippen molar-refractivity contribution < 1.29 is 18.7 Å². The molecule has 27 heavy (non-hydrogen) atoms. The molecule has 8 heteroatoms. The van der Waals surface area contributed by atoms with E-state index < -0.39 is 0 Å². The van der Waals surface area contributed by atoms with Gasteiger partial charge in [0.25, 0.3) is 0 Å². The fraction of sp³-hybridized carbons (Fsp3) is 0.211. The number of nitrogens with one attached hydrogen (secondary N) is 1. The van der Waals surface area contributed by atoms with Gasteiger partial charge in [-0.05, 0) is 37.3 Å². The lowest BCUT2D eigenvalue weighted by Crippen LogP contribution is -2.15. The maximum Gasteiger partial charge on any atom is 0.322 e. The molecule has 1 aliphatic heterocycles. The van der Waals surface area contributed by atoms with E-state index in [1.54, 1.807) is 18.2 Å². The minimum atomic E-state index is -0.210. The first-order chi connectivity index (χ1) is 13.2. The van der Waals surface area contributed by atoms with Gasteiger partial charge in [-0.1, -0.05) is 22.8 Å². The Hall–Kier alpha value is -3.00. The zero-order valence-corrected chi connectivity index (χ0v) is 15.4. The number of hydrogen-bond acceptors (Lipinski definition) is 7. The molecule has 7 nitrogen and oxygen atoms in total. The van der Waals surface area contributed by atoms with Crippen molar-refractivity contribution in [3.8, 4) is 23.0 Å². The summed E-state index contributed by atoms with van der Waals surface area (Å²) in [7, 11) is 0. The number of carbonyl (C=O) groups excluding carboxylic acids is 1. The van der Waals surface area contributed by atoms with Crippen molar-refractivity contribution in [3.05, 3.63) is 48.0 Å². The Morgan fingerprint density at radius 2 is 1.85 bits per heavy atom. The van der Waals surface area contributed by atoms with Gasteiger partial charge in [0.1, 0.15) is 13.2 Å². The van der Waals surface area contributed by atoms with Crippen LogP contribution in [0.1, 0.15) is 5.56 Å². The van der Waals surface area contributed by atoms with Crippen LogP contribution < -0.4 is 14.8 Å². The molecule has 0 saturated heterocycles. The first-order valence-electron chi connectivity index (χ1n) is 8.40. The molecule has 1 aromatic heterocycles. The van der Waals surface area contributed by atoms with Crippen LogP contribution in [0.2, 0.25) is 0 Å². The van der Waals surface area contributed by atoms with E-state index in [0.717, 1.165) is 4.90 Å². The van der Waals surface area contributed by atoms with E-state index >= 15 is 0 Å². The molecule has 138 valence electrons. The molecule has 2 aromatic carbocycles. The Labute approximate surface area is 160 Å². The van der Waals surface area contributed by atoms with Crippen LogP contribution in [0.4, 0.5) is 6.01 Å². The van der Waals surface area contributed by atoms with E-state index in [0.29, 0.717) is 36.2 Å². The Bertz CT molecular complexity index is 956. The minimum Gasteiger partial charge on any atom is -0.486 e. The second-order valence-corrected chi connectivity index (χ2v) is 6.97. The van der Waals surface area contributed by atoms with Gasteiger partial charge < -0.3 is 13.9 Å². The number of ether oxygens (including phenoxy) is 2. The minimum absolute atomic E-state index is 0.0643. The molecule has 0 saturated carbocycles. The predicted octanol–water partition coefficient (Wildman–Crippen LogP) is 3.55. The third-order valence-corrected chi connectivity index (χ3v) is 4.86. The van der Waals surface area contributed by atoms with Gasteiger partial charge in [0.05, 0.1) is 5.75 Å². The van der Waals surface area contributed by atoms with Crippen molar-refractivity contribution in [2.45, 2.75) is 11.8 Å². The number of carbonyl (C=O) groups is 1. The Morgan fingerprint density at radius 1 is 1.07 bits per heavy atom. The molecular formula is C19H17N3O4S. The van der Waals surface area contributed by atoms with Crippen LogP contribution in [0.5, 0.6) is 11.5 Å². The van der Waals surface area contributed by atoms with Crippen LogP contribution in [0.15, 0.2) is 51.8 Å². The third-order valence-electron chi connectivity index (χ3n) is 3.85. The summed E-state index contributed by atoms with van der Waals surface area (Å²) in [5, 5.41) is 10.5. The summed E-state index contributed by atoms with van der Waals surface area (Å²) in [5.74, 6) is 1.67. The average molecular weight is 383 g/mol. The number of nitrogens with zero attached hydrogens (tertiary/aromatic N) is 2. The number of aryl methyl sites for hydroxylation is 1. The van der Waals surface area contributed by atoms with Crippen molar-refractivity contribution in [1.82, 2.24) is 10.2 Å². The van der Waals surface area contributed by atoms with Gasteiger partial charge in [0.2, 0.25) is 11.8 Å². The molecule has 1 N–H and O–H groups in total. The number of anilines is 1. The van der Waals surface area contributed by atoms with Crippen LogP contribution in [-0.2, 0) is 4.79 Å². The zero-order chi connectivity index (χ0) is 18.6. The summed E-state index contributed by atoms with van der Waals surface area (Å²) >= 11 is 1.44. The fourth-order valence-corrected chi connectivity index (χ4v) is 3.20. The number of thioether (sulfide) groups is 1. The molecule has 0 bridgehead atoms. The average Bonchev–Trinajstić information content (AvgIpc) is 3.15. The molecule has 0 aliphatic carbocycles. The highest BCUT2D eigenvalue weighted by Crippen LogP contribution is 2.34. The van der Waals surface area contributed by atoms with E-state index in [9.17, 15) is 4.79 Å². The van der Waals surface area contributed by atoms with Crippen molar-refractivity contribution in [3.63, 3.8) is 0 Å². The van der Waals surface area contributed by atoms with Crippen molar-refractivity contribution in [2.24, 2.45) is 0 Å². The molecule has 4 rings (SSSR count). The van der Waals surface area contributed by atoms with E-state index in [4.69, 9.17) is 13.9 Å². The smallest absolute Gasteiger partial charge is 0.322 e. The number of benzene rings is 2. The van der Waals surface area contributed by atoms with Gasteiger partial charge in [-0.25, -0.2) is 0 Å². The number of aromatic nitrogens is 2. The maximum absolute atomic E-state index is 12.1. The zero-order valence-electron chi connectivity index (χ0n) is 14.6. The SMILES string of the molecule is Cc1ccc(SCC(=O)Nc2nnc(-c3ccc4c(c3)OCCO4)o2)cc1. The first-order valence-corrected chi connectivity index (χ1v) is 9.39. The molecule has 0 fully saturated rings. The first kappa shape index (κ1) is 17.4. The number of fused-ring (bicyclic) bond motifs is 1. The fourth-order valence-electron chi connectivity index (χ4n) is 2.51. The third kappa shape index (κ3) is 4.22. The quantitative estimate of drug-likeness (QED) is 0.674. The Morgan fingerprint density at radius 3 is 2.67 bits per heavy atom. The van der Waals surface area contributed by atoms with Crippen LogP contribution in [0.25, 0.3) is 11.5 Å². The van der Waals surface area contributed by atoms with Crippen LogP contribution >= 0.6 is 11.8 Å². The van der Waals surface area contributed by atoms with E-state index in [2.05, 4.69) is 15.5 Å². The number of amides is 1. The lowest BCUT2D eigenvalue weighted by molar-refractivity contribution is -0.113. The lowest BCUT2D eigenvalue weighted by atomic mass is 10.2. The van der Waals surface area contributed by atoms with Crippen molar-refractivity contribution >= 4 is 23.7 Å². The standard InChI is InChI=1S/C19H17N3O4S/c1-12-2-5-14(6-3-12)27-11-17(23)20-19-22-21-18(26-19)13-4-7-15-16(10-13)25-9-8-24-15/h2-7,10H,8-9,11H2,1H3,(H,20,22,23).